The van der Waals surface area contributed by atoms with Crippen molar-refractivity contribution in [3.05, 3.63) is 75.9 Å². The van der Waals surface area contributed by atoms with E-state index in [9.17, 15) is 24.2 Å². The lowest BCUT2D eigenvalue weighted by Crippen LogP contribution is -2.16. The van der Waals surface area contributed by atoms with E-state index in [-0.39, 0.29) is 46.7 Å². The average molecular weight is 534 g/mol. The number of imidazole rings is 1. The Bertz CT molecular complexity index is 1590. The normalized spacial score (nSPS) is 15.1. The standard InChI is InChI=1S/C17H16FN7.C9H9FN2O2/c1-9(23-16-11(7-19)15(20)21-8-22-16)17-24-13-4-2-3-12(18)14(13)25(17)10-5-6-10;10-7-2-1-3-8(12(13)14)9(7)11-6-4-5-6/h2-4,8-10H,5-6H2,1H3,(H3,20,21,22,23);1-3,6,11H,4-5H2/t9-;/m0./s1. The highest BCUT2D eigenvalue weighted by Gasteiger charge is 2.31. The molecule has 2 fully saturated rings. The minimum atomic E-state index is -0.576. The van der Waals surface area contributed by atoms with E-state index in [1.807, 2.05) is 17.6 Å². The second kappa shape index (κ2) is 10.5. The third kappa shape index (κ3) is 5.40. The molecule has 2 aliphatic rings. The zero-order valence-corrected chi connectivity index (χ0v) is 20.9. The van der Waals surface area contributed by atoms with Gasteiger partial charge in [-0.3, -0.25) is 10.1 Å². The van der Waals surface area contributed by atoms with Gasteiger partial charge in [0.1, 0.15) is 52.4 Å². The predicted molar refractivity (Wildman–Crippen MR) is 141 cm³/mol. The summed E-state index contributed by atoms with van der Waals surface area (Å²) in [7, 11) is 0. The monoisotopic (exact) mass is 533 g/mol. The molecule has 0 spiro atoms. The van der Waals surface area contributed by atoms with Crippen LogP contribution in [0.15, 0.2) is 42.7 Å². The summed E-state index contributed by atoms with van der Waals surface area (Å²) in [6.07, 6.45) is 5.21. The number of nitriles is 1. The molecule has 1 atom stereocenters. The Morgan fingerprint density at radius 2 is 1.87 bits per heavy atom. The molecule has 2 heterocycles. The molecule has 0 unspecified atom stereocenters. The second-order valence-corrected chi connectivity index (χ2v) is 9.45. The topological polar surface area (TPSA) is 161 Å². The fourth-order valence-electron chi connectivity index (χ4n) is 4.26. The van der Waals surface area contributed by atoms with Crippen molar-refractivity contribution < 1.29 is 13.7 Å². The maximum Gasteiger partial charge on any atom is 0.295 e. The number of rotatable bonds is 7. The van der Waals surface area contributed by atoms with E-state index in [0.29, 0.717) is 22.7 Å². The molecule has 11 nitrogen and oxygen atoms in total. The van der Waals surface area contributed by atoms with Crippen molar-refractivity contribution in [1.82, 2.24) is 19.5 Å². The summed E-state index contributed by atoms with van der Waals surface area (Å²) in [5, 5.41) is 25.8. The van der Waals surface area contributed by atoms with E-state index in [0.717, 1.165) is 25.7 Å². The maximum atomic E-state index is 14.3. The third-order valence-corrected chi connectivity index (χ3v) is 6.44. The molecule has 0 amide bonds. The number of nitro groups is 1. The SMILES string of the molecule is C[C@H](Nc1ncnc(N)c1C#N)c1nc2cccc(F)c2n1C1CC1.O=[N+]([O-])c1cccc(F)c1NC1CC1. The maximum absolute atomic E-state index is 14.3. The second-order valence-electron chi connectivity index (χ2n) is 9.45. The van der Waals surface area contributed by atoms with Crippen LogP contribution in [0.4, 0.5) is 31.8 Å². The van der Waals surface area contributed by atoms with Crippen molar-refractivity contribution in [2.45, 2.75) is 50.7 Å². The van der Waals surface area contributed by atoms with E-state index in [1.54, 1.807) is 12.1 Å². The van der Waals surface area contributed by atoms with Crippen LogP contribution in [-0.4, -0.2) is 30.5 Å². The van der Waals surface area contributed by atoms with Gasteiger partial charge in [-0.1, -0.05) is 12.1 Å². The Balaban J connectivity index is 0.000000186. The van der Waals surface area contributed by atoms with Crippen LogP contribution in [0.3, 0.4) is 0 Å². The first kappa shape index (κ1) is 25.8. The van der Waals surface area contributed by atoms with Gasteiger partial charge >= 0.3 is 0 Å². The van der Waals surface area contributed by atoms with Crippen molar-refractivity contribution >= 4 is 34.0 Å². The molecule has 6 rings (SSSR count). The molecular formula is C26H25F2N9O2. The van der Waals surface area contributed by atoms with Crippen LogP contribution in [0.1, 0.15) is 56.1 Å². The fraction of sp³-hybridized carbons (Fsp3) is 0.308. The highest BCUT2D eigenvalue weighted by atomic mass is 19.1. The Hall–Kier alpha value is -4.86. The van der Waals surface area contributed by atoms with Crippen molar-refractivity contribution in [3.63, 3.8) is 0 Å². The van der Waals surface area contributed by atoms with Crippen LogP contribution in [0.5, 0.6) is 0 Å². The Labute approximate surface area is 221 Å². The molecule has 2 saturated carbocycles. The number of nitrogens with two attached hydrogens (primary N) is 1. The molecule has 0 bridgehead atoms. The Morgan fingerprint density at radius 3 is 2.54 bits per heavy atom. The number of halogens is 2. The number of aromatic nitrogens is 4. The summed E-state index contributed by atoms with van der Waals surface area (Å²) in [6.45, 7) is 1.90. The quantitative estimate of drug-likeness (QED) is 0.213. The van der Waals surface area contributed by atoms with Gasteiger partial charge in [0.05, 0.1) is 16.5 Å². The first-order valence-electron chi connectivity index (χ1n) is 12.4. The zero-order valence-electron chi connectivity index (χ0n) is 20.9. The lowest BCUT2D eigenvalue weighted by atomic mass is 10.2. The van der Waals surface area contributed by atoms with Gasteiger partial charge in [0.25, 0.3) is 5.69 Å². The van der Waals surface area contributed by atoms with Gasteiger partial charge in [0, 0.05) is 18.2 Å². The highest BCUT2D eigenvalue weighted by Crippen LogP contribution is 2.41. The molecule has 200 valence electrons. The van der Waals surface area contributed by atoms with E-state index >= 15 is 0 Å². The molecule has 2 aromatic heterocycles. The number of hydrogen-bond donors (Lipinski definition) is 3. The van der Waals surface area contributed by atoms with Crippen LogP contribution in [0.2, 0.25) is 0 Å². The number of nitro benzene ring substituents is 1. The summed E-state index contributed by atoms with van der Waals surface area (Å²) in [5.74, 6) is 0.334. The summed E-state index contributed by atoms with van der Waals surface area (Å²) < 4.78 is 29.5. The number of nitrogens with one attached hydrogen (secondary N) is 2. The number of benzene rings is 2. The van der Waals surface area contributed by atoms with Crippen molar-refractivity contribution in [1.29, 1.82) is 5.26 Å². The first-order chi connectivity index (χ1) is 18.8. The van der Waals surface area contributed by atoms with Crippen molar-refractivity contribution in [2.24, 2.45) is 0 Å². The predicted octanol–water partition coefficient (Wildman–Crippen LogP) is 5.24. The van der Waals surface area contributed by atoms with Crippen molar-refractivity contribution in [3.8, 4) is 6.07 Å². The molecule has 2 aliphatic carbocycles. The summed E-state index contributed by atoms with van der Waals surface area (Å²) >= 11 is 0. The molecule has 0 radical (unpaired) electrons. The molecule has 2 aromatic carbocycles. The van der Waals surface area contributed by atoms with Gasteiger partial charge in [-0.2, -0.15) is 5.26 Å². The van der Waals surface area contributed by atoms with Gasteiger partial charge in [-0.15, -0.1) is 0 Å². The molecule has 0 saturated heterocycles. The van der Waals surface area contributed by atoms with Crippen LogP contribution in [-0.2, 0) is 0 Å². The minimum absolute atomic E-state index is 0.0139. The van der Waals surface area contributed by atoms with Gasteiger partial charge in [-0.05, 0) is 50.8 Å². The van der Waals surface area contributed by atoms with E-state index in [4.69, 9.17) is 5.73 Å². The van der Waals surface area contributed by atoms with Crippen molar-refractivity contribution in [2.75, 3.05) is 16.4 Å². The Morgan fingerprint density at radius 1 is 1.15 bits per heavy atom. The van der Waals surface area contributed by atoms with Crippen LogP contribution in [0.25, 0.3) is 11.0 Å². The molecule has 39 heavy (non-hydrogen) atoms. The van der Waals surface area contributed by atoms with E-state index in [2.05, 4.69) is 25.6 Å². The number of anilines is 3. The average Bonchev–Trinajstić information content (AvgIpc) is 3.85. The lowest BCUT2D eigenvalue weighted by Gasteiger charge is -2.17. The number of hydrogen-bond acceptors (Lipinski definition) is 9. The third-order valence-electron chi connectivity index (χ3n) is 6.44. The fourth-order valence-corrected chi connectivity index (χ4v) is 4.26. The van der Waals surface area contributed by atoms with Crippen LogP contribution < -0.4 is 16.4 Å². The van der Waals surface area contributed by atoms with Crippen LogP contribution >= 0.6 is 0 Å². The zero-order chi connectivity index (χ0) is 27.7. The first-order valence-corrected chi connectivity index (χ1v) is 12.4. The number of para-hydroxylation sites is 2. The van der Waals surface area contributed by atoms with Crippen LogP contribution in [0, 0.1) is 33.1 Å². The number of fused-ring (bicyclic) bond motifs is 1. The molecule has 13 heteroatoms. The summed E-state index contributed by atoms with van der Waals surface area (Å²) in [5.41, 5.74) is 6.89. The minimum Gasteiger partial charge on any atom is -0.382 e. The summed E-state index contributed by atoms with van der Waals surface area (Å²) in [6, 6.07) is 10.9. The van der Waals surface area contributed by atoms with E-state index in [1.165, 1.54) is 30.6 Å². The molecular weight excluding hydrogens is 508 g/mol. The molecule has 4 N–H and O–H groups in total. The van der Waals surface area contributed by atoms with Gasteiger partial charge < -0.3 is 20.9 Å². The molecule has 0 aliphatic heterocycles. The van der Waals surface area contributed by atoms with E-state index < -0.39 is 10.7 Å². The molecule has 4 aromatic rings. The Kier molecular flexibility index (Phi) is 6.93. The van der Waals surface area contributed by atoms with Gasteiger partial charge in [0.2, 0.25) is 0 Å². The number of nitrogen functional groups attached to an aromatic ring is 1. The smallest absolute Gasteiger partial charge is 0.295 e. The lowest BCUT2D eigenvalue weighted by molar-refractivity contribution is -0.384. The van der Waals surface area contributed by atoms with Gasteiger partial charge in [-0.25, -0.2) is 23.7 Å². The highest BCUT2D eigenvalue weighted by molar-refractivity contribution is 5.77. The van der Waals surface area contributed by atoms with Gasteiger partial charge in [0.15, 0.2) is 5.82 Å². The number of nitrogens with zero attached hydrogens (tertiary/aromatic N) is 6. The largest absolute Gasteiger partial charge is 0.382 e. The summed E-state index contributed by atoms with van der Waals surface area (Å²) in [4.78, 5) is 22.5.